The van der Waals surface area contributed by atoms with Gasteiger partial charge < -0.3 is 5.11 Å². The van der Waals surface area contributed by atoms with Crippen molar-refractivity contribution in [2.45, 2.75) is 52.2 Å². The summed E-state index contributed by atoms with van der Waals surface area (Å²) in [6, 6.07) is 8.52. The molecule has 20 heavy (non-hydrogen) atoms. The van der Waals surface area contributed by atoms with Crippen LogP contribution in [-0.2, 0) is 25.0 Å². The molecule has 1 aromatic carbocycles. The van der Waals surface area contributed by atoms with Crippen molar-refractivity contribution < 1.29 is 5.11 Å². The monoisotopic (exact) mass is 270 g/mol. The largest absolute Gasteiger partial charge is 0.385 e. The molecule has 0 saturated carbocycles. The molecule has 0 amide bonds. The molecule has 1 aliphatic rings. The number of aromatic nitrogens is 2. The zero-order chi connectivity index (χ0) is 14.3. The van der Waals surface area contributed by atoms with Crippen molar-refractivity contribution in [3.63, 3.8) is 0 Å². The Bertz CT molecular complexity index is 644. The molecule has 3 nitrogen and oxygen atoms in total. The Morgan fingerprint density at radius 3 is 2.85 bits per heavy atom. The molecule has 0 bridgehead atoms. The van der Waals surface area contributed by atoms with Gasteiger partial charge in [0.05, 0.1) is 11.3 Å². The van der Waals surface area contributed by atoms with Gasteiger partial charge in [-0.3, -0.25) is 4.68 Å². The zero-order valence-electron chi connectivity index (χ0n) is 12.5. The third-order valence-corrected chi connectivity index (χ3v) is 4.33. The lowest BCUT2D eigenvalue weighted by Gasteiger charge is -2.24. The topological polar surface area (TPSA) is 38.0 Å². The van der Waals surface area contributed by atoms with Crippen LogP contribution in [0.1, 0.15) is 41.4 Å². The fourth-order valence-corrected chi connectivity index (χ4v) is 3.32. The summed E-state index contributed by atoms with van der Waals surface area (Å²) in [6.45, 7) is 7.03. The molecule has 1 aromatic heterocycles. The average molecular weight is 270 g/mol. The van der Waals surface area contributed by atoms with Crippen molar-refractivity contribution in [2.75, 3.05) is 0 Å². The molecule has 0 fully saturated rings. The molecule has 1 unspecified atom stereocenters. The van der Waals surface area contributed by atoms with Crippen LogP contribution in [0.4, 0.5) is 0 Å². The molecule has 1 atom stereocenters. The fourth-order valence-electron chi connectivity index (χ4n) is 3.32. The number of hydrogen-bond donors (Lipinski definition) is 1. The van der Waals surface area contributed by atoms with E-state index in [1.807, 2.05) is 11.6 Å². The molecule has 0 spiro atoms. The van der Waals surface area contributed by atoms with Gasteiger partial charge >= 0.3 is 0 Å². The summed E-state index contributed by atoms with van der Waals surface area (Å²) in [7, 11) is 0. The summed E-state index contributed by atoms with van der Waals surface area (Å²) in [5, 5.41) is 15.6. The Labute approximate surface area is 120 Å². The first-order chi connectivity index (χ1) is 9.51. The highest BCUT2D eigenvalue weighted by Crippen LogP contribution is 2.39. The molecule has 106 valence electrons. The third-order valence-electron chi connectivity index (χ3n) is 4.33. The van der Waals surface area contributed by atoms with Gasteiger partial charge in [-0.25, -0.2) is 0 Å². The molecule has 3 rings (SSSR count). The highest BCUT2D eigenvalue weighted by molar-refractivity contribution is 5.41. The molecular weight excluding hydrogens is 248 g/mol. The molecule has 1 N–H and O–H groups in total. The number of benzene rings is 1. The van der Waals surface area contributed by atoms with E-state index in [1.54, 1.807) is 0 Å². The number of nitrogens with zero attached hydrogens (tertiary/aromatic N) is 2. The number of hydrogen-bond acceptors (Lipinski definition) is 2. The summed E-state index contributed by atoms with van der Waals surface area (Å²) < 4.78 is 2.00. The number of aryl methyl sites for hydroxylation is 4. The lowest BCUT2D eigenvalue weighted by molar-refractivity contribution is 0.0368. The van der Waals surface area contributed by atoms with E-state index in [9.17, 15) is 5.11 Å². The van der Waals surface area contributed by atoms with Gasteiger partial charge in [0, 0.05) is 18.7 Å². The van der Waals surface area contributed by atoms with E-state index < -0.39 is 5.60 Å². The minimum atomic E-state index is -0.735. The molecule has 2 aromatic rings. The van der Waals surface area contributed by atoms with E-state index in [0.29, 0.717) is 6.42 Å². The van der Waals surface area contributed by atoms with E-state index in [0.717, 1.165) is 36.3 Å². The van der Waals surface area contributed by atoms with E-state index in [2.05, 4.69) is 43.2 Å². The van der Waals surface area contributed by atoms with E-state index in [4.69, 9.17) is 0 Å². The van der Waals surface area contributed by atoms with Gasteiger partial charge in [0.1, 0.15) is 0 Å². The van der Waals surface area contributed by atoms with Crippen LogP contribution in [-0.4, -0.2) is 14.9 Å². The normalized spacial score (nSPS) is 21.2. The molecule has 3 heteroatoms. The van der Waals surface area contributed by atoms with Gasteiger partial charge in [0.2, 0.25) is 0 Å². The lowest BCUT2D eigenvalue weighted by Crippen LogP contribution is -2.27. The van der Waals surface area contributed by atoms with Crippen LogP contribution in [0.15, 0.2) is 24.3 Å². The van der Waals surface area contributed by atoms with Crippen LogP contribution >= 0.6 is 0 Å². The maximum Gasteiger partial charge on any atom is 0.0957 e. The van der Waals surface area contributed by atoms with E-state index in [1.165, 1.54) is 11.1 Å². The van der Waals surface area contributed by atoms with E-state index >= 15 is 0 Å². The highest BCUT2D eigenvalue weighted by Gasteiger charge is 2.37. The zero-order valence-corrected chi connectivity index (χ0v) is 12.5. The van der Waals surface area contributed by atoms with Gasteiger partial charge in [0.15, 0.2) is 0 Å². The van der Waals surface area contributed by atoms with Gasteiger partial charge in [-0.15, -0.1) is 0 Å². The Morgan fingerprint density at radius 2 is 2.10 bits per heavy atom. The molecule has 0 aliphatic heterocycles. The Balaban J connectivity index is 1.97. The lowest BCUT2D eigenvalue weighted by atomic mass is 9.90. The minimum Gasteiger partial charge on any atom is -0.385 e. The summed E-state index contributed by atoms with van der Waals surface area (Å²) in [5.74, 6) is 0. The van der Waals surface area contributed by atoms with Crippen LogP contribution in [0, 0.1) is 13.8 Å². The van der Waals surface area contributed by atoms with E-state index in [-0.39, 0.29) is 0 Å². The maximum absolute atomic E-state index is 11.1. The van der Waals surface area contributed by atoms with Crippen LogP contribution in [0.3, 0.4) is 0 Å². The summed E-state index contributed by atoms with van der Waals surface area (Å²) in [6.07, 6.45) is 2.42. The summed E-state index contributed by atoms with van der Waals surface area (Å²) in [4.78, 5) is 0. The van der Waals surface area contributed by atoms with Gasteiger partial charge in [-0.1, -0.05) is 23.8 Å². The first kappa shape index (κ1) is 13.4. The molecule has 0 saturated heterocycles. The second-order valence-electron chi connectivity index (χ2n) is 5.96. The number of rotatable bonds is 3. The molecule has 1 heterocycles. The van der Waals surface area contributed by atoms with Crippen molar-refractivity contribution in [2.24, 2.45) is 0 Å². The smallest absolute Gasteiger partial charge is 0.0957 e. The third kappa shape index (κ3) is 2.16. The molecule has 0 radical (unpaired) electrons. The standard InChI is InChI=1S/C17H22N2O/c1-4-19-15(10-13(3)18-19)11-17(20)8-7-14-6-5-12(2)9-16(14)17/h5-6,9-10,20H,4,7-8,11H2,1-3H3. The average Bonchev–Trinajstić information content (AvgIpc) is 2.91. The summed E-state index contributed by atoms with van der Waals surface area (Å²) >= 11 is 0. The Hall–Kier alpha value is -1.61. The van der Waals surface area contributed by atoms with Gasteiger partial charge in [0.25, 0.3) is 0 Å². The van der Waals surface area contributed by atoms with Gasteiger partial charge in [-0.2, -0.15) is 5.10 Å². The van der Waals surface area contributed by atoms with Crippen LogP contribution in [0.5, 0.6) is 0 Å². The first-order valence-electron chi connectivity index (χ1n) is 7.37. The summed E-state index contributed by atoms with van der Waals surface area (Å²) in [5.41, 5.74) is 5.02. The second-order valence-corrected chi connectivity index (χ2v) is 5.96. The molecule has 1 aliphatic carbocycles. The fraction of sp³-hybridized carbons (Fsp3) is 0.471. The van der Waals surface area contributed by atoms with Crippen molar-refractivity contribution >= 4 is 0 Å². The second kappa shape index (κ2) is 4.74. The predicted molar refractivity (Wildman–Crippen MR) is 79.7 cm³/mol. The Morgan fingerprint density at radius 1 is 1.30 bits per heavy atom. The van der Waals surface area contributed by atoms with Crippen LogP contribution < -0.4 is 0 Å². The predicted octanol–water partition coefficient (Wildman–Crippen LogP) is 2.90. The first-order valence-corrected chi connectivity index (χ1v) is 7.37. The van der Waals surface area contributed by atoms with Gasteiger partial charge in [-0.05, 0) is 50.8 Å². The Kier molecular flexibility index (Phi) is 3.17. The van der Waals surface area contributed by atoms with Crippen LogP contribution in [0.25, 0.3) is 0 Å². The number of aliphatic hydroxyl groups is 1. The van der Waals surface area contributed by atoms with Crippen molar-refractivity contribution in [1.82, 2.24) is 9.78 Å². The SMILES string of the molecule is CCn1nc(C)cc1CC1(O)CCc2ccc(C)cc21. The minimum absolute atomic E-state index is 0.651. The van der Waals surface area contributed by atoms with Crippen LogP contribution in [0.2, 0.25) is 0 Å². The quantitative estimate of drug-likeness (QED) is 0.931. The molecular formula is C17H22N2O. The van der Waals surface area contributed by atoms with Crippen molar-refractivity contribution in [3.05, 3.63) is 52.3 Å². The van der Waals surface area contributed by atoms with Crippen molar-refractivity contribution in [3.8, 4) is 0 Å². The maximum atomic E-state index is 11.1. The number of fused-ring (bicyclic) bond motifs is 1. The van der Waals surface area contributed by atoms with Crippen molar-refractivity contribution in [1.29, 1.82) is 0 Å². The highest BCUT2D eigenvalue weighted by atomic mass is 16.3.